The number of benzene rings is 1. The predicted molar refractivity (Wildman–Crippen MR) is 70.4 cm³/mol. The van der Waals surface area contributed by atoms with Gasteiger partial charge in [0.1, 0.15) is 11.1 Å². The number of aliphatic carboxylic acids is 1. The highest BCUT2D eigenvalue weighted by Gasteiger charge is 2.21. The molecule has 0 aliphatic heterocycles. The second kappa shape index (κ2) is 6.54. The quantitative estimate of drug-likeness (QED) is 0.485. The van der Waals surface area contributed by atoms with Crippen LogP contribution in [0, 0.1) is 22.5 Å². The van der Waals surface area contributed by atoms with Crippen LogP contribution in [0.1, 0.15) is 16.8 Å². The van der Waals surface area contributed by atoms with E-state index in [0.29, 0.717) is 0 Å². The minimum Gasteiger partial charge on any atom is -0.480 e. The van der Waals surface area contributed by atoms with Crippen molar-refractivity contribution in [3.8, 4) is 12.3 Å². The number of halogens is 1. The van der Waals surface area contributed by atoms with E-state index in [9.17, 15) is 19.7 Å². The average molecular weight is 297 g/mol. The summed E-state index contributed by atoms with van der Waals surface area (Å²) >= 11 is 5.61. The summed E-state index contributed by atoms with van der Waals surface area (Å²) in [5.74, 6) is 0.0431. The highest BCUT2D eigenvalue weighted by Crippen LogP contribution is 2.25. The van der Waals surface area contributed by atoms with Crippen molar-refractivity contribution in [2.45, 2.75) is 12.5 Å². The number of nitro groups is 1. The van der Waals surface area contributed by atoms with Crippen LogP contribution in [0.2, 0.25) is 5.02 Å². The molecule has 0 saturated carbocycles. The number of nitro benzene ring substituents is 1. The number of amides is 1. The molecule has 0 fully saturated rings. The number of nitrogens with one attached hydrogen (secondary N) is 1. The van der Waals surface area contributed by atoms with Crippen molar-refractivity contribution in [1.82, 2.24) is 5.32 Å². The van der Waals surface area contributed by atoms with Gasteiger partial charge in [-0.2, -0.15) is 0 Å². The number of carbonyl (C=O) groups excluding carboxylic acids is 1. The topological polar surface area (TPSA) is 110 Å². The van der Waals surface area contributed by atoms with Crippen LogP contribution < -0.4 is 5.32 Å². The van der Waals surface area contributed by atoms with Gasteiger partial charge in [0.2, 0.25) is 0 Å². The van der Waals surface area contributed by atoms with E-state index in [4.69, 9.17) is 23.1 Å². The third kappa shape index (κ3) is 3.70. The summed E-state index contributed by atoms with van der Waals surface area (Å²) in [5.41, 5.74) is -0.521. The van der Waals surface area contributed by atoms with E-state index in [-0.39, 0.29) is 17.0 Å². The largest absolute Gasteiger partial charge is 0.480 e. The molecule has 1 amide bonds. The maximum absolute atomic E-state index is 11.8. The van der Waals surface area contributed by atoms with Gasteiger partial charge in [-0.15, -0.1) is 12.3 Å². The first-order chi connectivity index (χ1) is 9.36. The minimum absolute atomic E-state index is 0.0793. The summed E-state index contributed by atoms with van der Waals surface area (Å²) in [4.78, 5) is 32.6. The number of carboxylic acids is 1. The lowest BCUT2D eigenvalue weighted by atomic mass is 10.1. The first-order valence-corrected chi connectivity index (χ1v) is 5.65. The normalized spacial score (nSPS) is 11.2. The number of hydrogen-bond acceptors (Lipinski definition) is 4. The Balaban J connectivity index is 2.98. The third-order valence-electron chi connectivity index (χ3n) is 2.33. The Labute approximate surface area is 118 Å². The molecule has 8 heteroatoms. The van der Waals surface area contributed by atoms with Crippen LogP contribution in [-0.4, -0.2) is 27.9 Å². The highest BCUT2D eigenvalue weighted by atomic mass is 35.5. The maximum Gasteiger partial charge on any atom is 0.327 e. The molecule has 0 aromatic heterocycles. The molecule has 0 saturated heterocycles. The summed E-state index contributed by atoms with van der Waals surface area (Å²) in [6.45, 7) is 0. The summed E-state index contributed by atoms with van der Waals surface area (Å²) in [5, 5.41) is 21.6. The molecule has 1 aromatic rings. The second-order valence-corrected chi connectivity index (χ2v) is 4.10. The van der Waals surface area contributed by atoms with Gasteiger partial charge in [0.05, 0.1) is 4.92 Å². The fraction of sp³-hybridized carbons (Fsp3) is 0.167. The molecular weight excluding hydrogens is 288 g/mol. The van der Waals surface area contributed by atoms with Gasteiger partial charge in [0, 0.05) is 18.1 Å². The van der Waals surface area contributed by atoms with E-state index in [1.807, 2.05) is 0 Å². The monoisotopic (exact) mass is 296 g/mol. The first-order valence-electron chi connectivity index (χ1n) is 5.28. The van der Waals surface area contributed by atoms with Crippen molar-refractivity contribution in [3.63, 3.8) is 0 Å². The molecule has 0 aliphatic carbocycles. The number of rotatable bonds is 5. The van der Waals surface area contributed by atoms with Crippen LogP contribution in [0.3, 0.4) is 0 Å². The Hall–Kier alpha value is -2.59. The SMILES string of the molecule is C#CCC(NC(=O)c1ccc(Cl)c([N+](=O)[O-])c1)C(=O)O. The minimum atomic E-state index is -1.29. The molecule has 0 bridgehead atoms. The molecule has 0 heterocycles. The number of carboxylic acid groups (broad SMARTS) is 1. The first kappa shape index (κ1) is 15.5. The van der Waals surface area contributed by atoms with Crippen molar-refractivity contribution in [2.75, 3.05) is 0 Å². The molecule has 0 aliphatic rings. The van der Waals surface area contributed by atoms with Crippen molar-refractivity contribution in [2.24, 2.45) is 0 Å². The van der Waals surface area contributed by atoms with Crippen LogP contribution in [0.15, 0.2) is 18.2 Å². The van der Waals surface area contributed by atoms with Gasteiger partial charge in [0.15, 0.2) is 0 Å². The smallest absolute Gasteiger partial charge is 0.327 e. The molecule has 7 nitrogen and oxygen atoms in total. The van der Waals surface area contributed by atoms with Crippen LogP contribution in [-0.2, 0) is 4.79 Å². The van der Waals surface area contributed by atoms with E-state index in [0.717, 1.165) is 6.07 Å². The molecular formula is C12H9ClN2O5. The van der Waals surface area contributed by atoms with Crippen molar-refractivity contribution < 1.29 is 19.6 Å². The van der Waals surface area contributed by atoms with Gasteiger partial charge in [-0.3, -0.25) is 14.9 Å². The predicted octanol–water partition coefficient (Wildman–Crippen LogP) is 1.45. The lowest BCUT2D eigenvalue weighted by molar-refractivity contribution is -0.384. The highest BCUT2D eigenvalue weighted by molar-refractivity contribution is 6.32. The fourth-order valence-electron chi connectivity index (χ4n) is 1.35. The molecule has 104 valence electrons. The molecule has 0 radical (unpaired) electrons. The lowest BCUT2D eigenvalue weighted by Crippen LogP contribution is -2.40. The number of terminal acetylenes is 1. The van der Waals surface area contributed by atoms with Crippen molar-refractivity contribution in [3.05, 3.63) is 38.9 Å². The second-order valence-electron chi connectivity index (χ2n) is 3.70. The van der Waals surface area contributed by atoms with E-state index in [2.05, 4.69) is 11.2 Å². The van der Waals surface area contributed by atoms with Gasteiger partial charge < -0.3 is 10.4 Å². The van der Waals surface area contributed by atoms with Gasteiger partial charge in [-0.1, -0.05) is 11.6 Å². The molecule has 0 spiro atoms. The van der Waals surface area contributed by atoms with Crippen LogP contribution >= 0.6 is 11.6 Å². The van der Waals surface area contributed by atoms with Crippen LogP contribution in [0.4, 0.5) is 5.69 Å². The molecule has 1 aromatic carbocycles. The maximum atomic E-state index is 11.8. The Kier molecular flexibility index (Phi) is 5.06. The van der Waals surface area contributed by atoms with Gasteiger partial charge >= 0.3 is 5.97 Å². The lowest BCUT2D eigenvalue weighted by Gasteiger charge is -2.11. The van der Waals surface area contributed by atoms with Crippen molar-refractivity contribution in [1.29, 1.82) is 0 Å². The zero-order chi connectivity index (χ0) is 15.3. The zero-order valence-electron chi connectivity index (χ0n) is 10.00. The summed E-state index contributed by atoms with van der Waals surface area (Å²) < 4.78 is 0. The van der Waals surface area contributed by atoms with Gasteiger partial charge in [0.25, 0.3) is 11.6 Å². The molecule has 1 atom stereocenters. The average Bonchev–Trinajstić information content (AvgIpc) is 2.38. The number of nitrogens with zero attached hydrogens (tertiary/aromatic N) is 1. The molecule has 2 N–H and O–H groups in total. The summed E-state index contributed by atoms with van der Waals surface area (Å²) in [7, 11) is 0. The Bertz CT molecular complexity index is 608. The Morgan fingerprint density at radius 3 is 2.70 bits per heavy atom. The van der Waals surface area contributed by atoms with Gasteiger partial charge in [-0.25, -0.2) is 4.79 Å². The van der Waals surface area contributed by atoms with Gasteiger partial charge in [-0.05, 0) is 12.1 Å². The zero-order valence-corrected chi connectivity index (χ0v) is 10.8. The fourth-order valence-corrected chi connectivity index (χ4v) is 1.54. The third-order valence-corrected chi connectivity index (χ3v) is 2.65. The molecule has 20 heavy (non-hydrogen) atoms. The molecule has 1 rings (SSSR count). The standard InChI is InChI=1S/C12H9ClN2O5/c1-2-3-9(12(17)18)14-11(16)7-4-5-8(13)10(6-7)15(19)20/h1,4-6,9H,3H2,(H,14,16)(H,17,18). The summed E-state index contributed by atoms with van der Waals surface area (Å²) in [6, 6.07) is 2.14. The van der Waals surface area contributed by atoms with Crippen LogP contribution in [0.5, 0.6) is 0 Å². The summed E-state index contributed by atoms with van der Waals surface area (Å²) in [6.07, 6.45) is 4.80. The van der Waals surface area contributed by atoms with E-state index in [1.165, 1.54) is 12.1 Å². The number of hydrogen-bond donors (Lipinski definition) is 2. The molecule has 1 unspecified atom stereocenters. The Morgan fingerprint density at radius 1 is 1.55 bits per heavy atom. The number of carbonyl (C=O) groups is 2. The van der Waals surface area contributed by atoms with E-state index >= 15 is 0 Å². The van der Waals surface area contributed by atoms with E-state index < -0.39 is 28.5 Å². The van der Waals surface area contributed by atoms with Crippen LogP contribution in [0.25, 0.3) is 0 Å². The van der Waals surface area contributed by atoms with E-state index in [1.54, 1.807) is 0 Å². The Morgan fingerprint density at radius 2 is 2.20 bits per heavy atom. The van der Waals surface area contributed by atoms with Crippen molar-refractivity contribution >= 4 is 29.2 Å².